The Morgan fingerprint density at radius 1 is 0.366 bits per heavy atom. The first-order valence-electron chi connectivity index (χ1n) is 13.5. The number of oxazole rings is 1. The standard InChI is InChI=1S/C36H22N4O/c1-3-9-27-21-29(19-13-23(27)7-1)34-38-33(39-35(40-34)30-20-14-24-8-2-4-10-28(24)22-30)25-15-17-26(18-16-25)36-37-31-11-5-6-12-32(31)41-36/h1-22H. The molecular weight excluding hydrogens is 504 g/mol. The Morgan fingerprint density at radius 3 is 1.41 bits per heavy atom. The van der Waals surface area contributed by atoms with Gasteiger partial charge in [-0.05, 0) is 57.9 Å². The highest BCUT2D eigenvalue weighted by atomic mass is 16.3. The summed E-state index contributed by atoms with van der Waals surface area (Å²) in [6.45, 7) is 0. The van der Waals surface area contributed by atoms with Gasteiger partial charge in [0.1, 0.15) is 5.52 Å². The normalized spacial score (nSPS) is 11.4. The van der Waals surface area contributed by atoms with Crippen LogP contribution in [0.5, 0.6) is 0 Å². The second-order valence-corrected chi connectivity index (χ2v) is 9.99. The van der Waals surface area contributed by atoms with E-state index in [0.29, 0.717) is 23.4 Å². The largest absolute Gasteiger partial charge is 0.436 e. The zero-order valence-electron chi connectivity index (χ0n) is 21.9. The Kier molecular flexibility index (Phi) is 5.38. The molecule has 8 aromatic rings. The molecule has 0 saturated heterocycles. The SMILES string of the molecule is c1ccc2cc(-c3nc(-c4ccc(-c5nc6ccccc6o5)cc4)nc(-c4ccc5ccccc5c4)n3)ccc2c1. The van der Waals surface area contributed by atoms with Gasteiger partial charge < -0.3 is 4.42 Å². The molecule has 192 valence electrons. The molecule has 0 aliphatic rings. The fraction of sp³-hybridized carbons (Fsp3) is 0. The van der Waals surface area contributed by atoms with Crippen LogP contribution in [0.3, 0.4) is 0 Å². The van der Waals surface area contributed by atoms with Crippen molar-refractivity contribution in [3.8, 4) is 45.6 Å². The van der Waals surface area contributed by atoms with E-state index in [1.165, 1.54) is 10.8 Å². The van der Waals surface area contributed by atoms with Gasteiger partial charge in [-0.15, -0.1) is 0 Å². The molecule has 5 nitrogen and oxygen atoms in total. The summed E-state index contributed by atoms with van der Waals surface area (Å²) >= 11 is 0. The number of aromatic nitrogens is 4. The Bertz CT molecular complexity index is 2090. The molecule has 0 spiro atoms. The average molecular weight is 527 g/mol. The van der Waals surface area contributed by atoms with Crippen LogP contribution in [0.4, 0.5) is 0 Å². The van der Waals surface area contributed by atoms with Crippen LogP contribution in [0.2, 0.25) is 0 Å². The molecular formula is C36H22N4O. The first-order chi connectivity index (χ1) is 20.3. The van der Waals surface area contributed by atoms with E-state index in [1.54, 1.807) is 0 Å². The van der Waals surface area contributed by atoms with Crippen LogP contribution >= 0.6 is 0 Å². The van der Waals surface area contributed by atoms with Gasteiger partial charge in [-0.2, -0.15) is 0 Å². The van der Waals surface area contributed by atoms with Gasteiger partial charge in [-0.25, -0.2) is 19.9 Å². The zero-order chi connectivity index (χ0) is 27.2. The van der Waals surface area contributed by atoms with Crippen molar-refractivity contribution in [1.82, 2.24) is 19.9 Å². The van der Waals surface area contributed by atoms with Crippen molar-refractivity contribution in [2.75, 3.05) is 0 Å². The summed E-state index contributed by atoms with van der Waals surface area (Å²) < 4.78 is 5.97. The van der Waals surface area contributed by atoms with E-state index in [0.717, 1.165) is 44.1 Å². The number of hydrogen-bond donors (Lipinski definition) is 0. The maximum atomic E-state index is 5.97. The predicted molar refractivity (Wildman–Crippen MR) is 164 cm³/mol. The lowest BCUT2D eigenvalue weighted by molar-refractivity contribution is 0.620. The van der Waals surface area contributed by atoms with E-state index in [2.05, 4.69) is 65.6 Å². The molecule has 0 fully saturated rings. The number of fused-ring (bicyclic) bond motifs is 3. The zero-order valence-corrected chi connectivity index (χ0v) is 21.9. The maximum absolute atomic E-state index is 5.97. The molecule has 0 atom stereocenters. The highest BCUT2D eigenvalue weighted by molar-refractivity contribution is 5.88. The number of benzene rings is 6. The van der Waals surface area contributed by atoms with Gasteiger partial charge in [0.25, 0.3) is 0 Å². The minimum absolute atomic E-state index is 0.585. The lowest BCUT2D eigenvalue weighted by Gasteiger charge is -2.10. The maximum Gasteiger partial charge on any atom is 0.227 e. The number of para-hydroxylation sites is 2. The number of nitrogens with zero attached hydrogens (tertiary/aromatic N) is 4. The molecule has 0 aliphatic heterocycles. The molecule has 41 heavy (non-hydrogen) atoms. The molecule has 6 aromatic carbocycles. The second-order valence-electron chi connectivity index (χ2n) is 9.99. The van der Waals surface area contributed by atoms with Crippen molar-refractivity contribution in [3.05, 3.63) is 133 Å². The van der Waals surface area contributed by atoms with Gasteiger partial charge in [-0.1, -0.05) is 97.1 Å². The quantitative estimate of drug-likeness (QED) is 0.229. The predicted octanol–water partition coefficient (Wildman–Crippen LogP) is 8.99. The third kappa shape index (κ3) is 4.30. The monoisotopic (exact) mass is 526 g/mol. The Hall–Kier alpha value is -5.68. The van der Waals surface area contributed by atoms with Crippen molar-refractivity contribution < 1.29 is 4.42 Å². The molecule has 2 heterocycles. The molecule has 0 unspecified atom stereocenters. The van der Waals surface area contributed by atoms with Gasteiger partial charge in [0, 0.05) is 22.3 Å². The van der Waals surface area contributed by atoms with Crippen LogP contribution < -0.4 is 0 Å². The van der Waals surface area contributed by atoms with Crippen molar-refractivity contribution in [1.29, 1.82) is 0 Å². The molecule has 0 saturated carbocycles. The van der Waals surface area contributed by atoms with E-state index in [9.17, 15) is 0 Å². The lowest BCUT2D eigenvalue weighted by atomic mass is 10.1. The van der Waals surface area contributed by atoms with Crippen molar-refractivity contribution >= 4 is 32.6 Å². The summed E-state index contributed by atoms with van der Waals surface area (Å²) in [5.74, 6) is 2.46. The summed E-state index contributed by atoms with van der Waals surface area (Å²) in [5.41, 5.74) is 5.27. The van der Waals surface area contributed by atoms with E-state index >= 15 is 0 Å². The smallest absolute Gasteiger partial charge is 0.227 e. The minimum Gasteiger partial charge on any atom is -0.436 e. The van der Waals surface area contributed by atoms with Crippen LogP contribution in [-0.4, -0.2) is 19.9 Å². The summed E-state index contributed by atoms with van der Waals surface area (Å²) in [6, 6.07) is 45.0. The second kappa shape index (κ2) is 9.50. The fourth-order valence-electron chi connectivity index (χ4n) is 5.18. The topological polar surface area (TPSA) is 64.7 Å². The van der Waals surface area contributed by atoms with Crippen LogP contribution in [-0.2, 0) is 0 Å². The van der Waals surface area contributed by atoms with E-state index in [-0.39, 0.29) is 0 Å². The first-order valence-corrected chi connectivity index (χ1v) is 13.5. The molecule has 0 radical (unpaired) electrons. The average Bonchev–Trinajstić information content (AvgIpc) is 3.49. The first kappa shape index (κ1) is 23.2. The van der Waals surface area contributed by atoms with Gasteiger partial charge in [0.05, 0.1) is 0 Å². The van der Waals surface area contributed by atoms with Crippen LogP contribution in [0, 0.1) is 0 Å². The van der Waals surface area contributed by atoms with Gasteiger partial charge in [0.2, 0.25) is 5.89 Å². The summed E-state index contributed by atoms with van der Waals surface area (Å²) in [5, 5.41) is 4.63. The van der Waals surface area contributed by atoms with Crippen molar-refractivity contribution in [3.63, 3.8) is 0 Å². The third-order valence-corrected chi connectivity index (χ3v) is 7.33. The molecule has 0 amide bonds. The molecule has 0 N–H and O–H groups in total. The fourth-order valence-corrected chi connectivity index (χ4v) is 5.18. The molecule has 2 aromatic heterocycles. The van der Waals surface area contributed by atoms with Crippen molar-refractivity contribution in [2.24, 2.45) is 0 Å². The molecule has 0 bridgehead atoms. The van der Waals surface area contributed by atoms with E-state index in [4.69, 9.17) is 19.4 Å². The van der Waals surface area contributed by atoms with Gasteiger partial charge in [0.15, 0.2) is 23.1 Å². The minimum atomic E-state index is 0.585. The molecule has 0 aliphatic carbocycles. The number of rotatable bonds is 4. The Morgan fingerprint density at radius 2 is 0.829 bits per heavy atom. The number of hydrogen-bond acceptors (Lipinski definition) is 5. The van der Waals surface area contributed by atoms with Crippen LogP contribution in [0.25, 0.3) is 78.3 Å². The Balaban J connectivity index is 1.25. The van der Waals surface area contributed by atoms with Crippen LogP contribution in [0.1, 0.15) is 0 Å². The summed E-state index contributed by atoms with van der Waals surface area (Å²) in [7, 11) is 0. The third-order valence-electron chi connectivity index (χ3n) is 7.33. The lowest BCUT2D eigenvalue weighted by Crippen LogP contribution is -2.00. The highest BCUT2D eigenvalue weighted by Gasteiger charge is 2.14. The van der Waals surface area contributed by atoms with E-state index in [1.807, 2.05) is 72.8 Å². The van der Waals surface area contributed by atoms with E-state index < -0.39 is 0 Å². The van der Waals surface area contributed by atoms with Gasteiger partial charge >= 0.3 is 0 Å². The van der Waals surface area contributed by atoms with Crippen molar-refractivity contribution in [2.45, 2.75) is 0 Å². The molecule has 8 rings (SSSR count). The Labute approximate surface area is 235 Å². The highest BCUT2D eigenvalue weighted by Crippen LogP contribution is 2.30. The molecule has 5 heteroatoms. The van der Waals surface area contributed by atoms with Crippen LogP contribution in [0.15, 0.2) is 138 Å². The summed E-state index contributed by atoms with van der Waals surface area (Å²) in [6.07, 6.45) is 0. The van der Waals surface area contributed by atoms with Gasteiger partial charge in [-0.3, -0.25) is 0 Å². The summed E-state index contributed by atoms with van der Waals surface area (Å²) in [4.78, 5) is 19.5.